The molecule has 0 fully saturated rings. The number of rotatable bonds is 2. The minimum Gasteiger partial charge on any atom is -0.376 e. The van der Waals surface area contributed by atoms with Crippen LogP contribution in [-0.2, 0) is 7.05 Å². The van der Waals surface area contributed by atoms with Crippen LogP contribution in [0.25, 0.3) is 22.2 Å². The predicted octanol–water partition coefficient (Wildman–Crippen LogP) is 2.94. The van der Waals surface area contributed by atoms with Gasteiger partial charge in [0.25, 0.3) is 0 Å². The lowest BCUT2D eigenvalue weighted by molar-refractivity contribution is 0.801. The molecule has 0 saturated carbocycles. The van der Waals surface area contributed by atoms with Gasteiger partial charge in [0.2, 0.25) is 0 Å². The maximum atomic E-state index is 6.20. The molecule has 1 aromatic carbocycles. The van der Waals surface area contributed by atoms with Crippen LogP contribution in [0, 0.1) is 0 Å². The predicted molar refractivity (Wildman–Crippen MR) is 89.4 cm³/mol. The van der Waals surface area contributed by atoms with Crippen molar-refractivity contribution in [2.45, 2.75) is 0 Å². The molecule has 2 aromatic heterocycles. The highest BCUT2D eigenvalue weighted by Gasteiger charge is 2.12. The molecule has 0 radical (unpaired) electrons. The fraction of sp³-hybridized carbons (Fsp3) is 0.0714. The average molecular weight is 318 g/mol. The largest absolute Gasteiger partial charge is 0.376 e. The number of fused-ring (bicyclic) bond motifs is 1. The number of hydrogen-bond donors (Lipinski definition) is 2. The van der Waals surface area contributed by atoms with Crippen molar-refractivity contribution in [3.8, 4) is 11.3 Å². The molecule has 0 bridgehead atoms. The Morgan fingerprint density at radius 3 is 2.90 bits per heavy atom. The van der Waals surface area contributed by atoms with Crippen molar-refractivity contribution in [1.29, 1.82) is 0 Å². The quantitative estimate of drug-likeness (QED) is 0.711. The fourth-order valence-corrected chi connectivity index (χ4v) is 2.55. The molecular weight excluding hydrogens is 306 g/mol. The van der Waals surface area contributed by atoms with E-state index in [1.54, 1.807) is 16.9 Å². The van der Waals surface area contributed by atoms with E-state index in [9.17, 15) is 0 Å². The van der Waals surface area contributed by atoms with E-state index >= 15 is 0 Å². The minimum absolute atomic E-state index is 0.177. The maximum absolute atomic E-state index is 6.20. The topological polar surface area (TPSA) is 68.8 Å². The second-order valence-corrected chi connectivity index (χ2v) is 5.37. The van der Waals surface area contributed by atoms with E-state index in [2.05, 4.69) is 15.4 Å². The van der Waals surface area contributed by atoms with Gasteiger partial charge in [-0.1, -0.05) is 17.7 Å². The molecular formula is C14H12ClN5S. The third kappa shape index (κ3) is 2.55. The Hall–Kier alpha value is -2.18. The van der Waals surface area contributed by atoms with Gasteiger partial charge in [-0.3, -0.25) is 9.67 Å². The van der Waals surface area contributed by atoms with Gasteiger partial charge in [0.15, 0.2) is 10.9 Å². The van der Waals surface area contributed by atoms with Crippen molar-refractivity contribution in [3.63, 3.8) is 0 Å². The SMILES string of the molecule is Cn1nc(NC(N)=S)c2cc(-c3ncccc3Cl)ccc21. The van der Waals surface area contributed by atoms with Gasteiger partial charge < -0.3 is 11.1 Å². The lowest BCUT2D eigenvalue weighted by Crippen LogP contribution is -2.19. The first kappa shape index (κ1) is 13.8. The Morgan fingerprint density at radius 1 is 1.38 bits per heavy atom. The number of aryl methyl sites for hydroxylation is 1. The first-order valence-electron chi connectivity index (χ1n) is 6.20. The number of aromatic nitrogens is 3. The van der Waals surface area contributed by atoms with Crippen LogP contribution in [0.2, 0.25) is 5.02 Å². The highest BCUT2D eigenvalue weighted by atomic mass is 35.5. The Labute approximate surface area is 131 Å². The van der Waals surface area contributed by atoms with Crippen molar-refractivity contribution in [2.24, 2.45) is 12.8 Å². The van der Waals surface area contributed by atoms with Gasteiger partial charge in [-0.2, -0.15) is 5.10 Å². The number of thiocarbonyl (C=S) groups is 1. The Morgan fingerprint density at radius 2 is 2.19 bits per heavy atom. The molecule has 0 aliphatic rings. The van der Waals surface area contributed by atoms with Crippen molar-refractivity contribution in [1.82, 2.24) is 14.8 Å². The van der Waals surface area contributed by atoms with Gasteiger partial charge in [0.1, 0.15) is 0 Å². The van der Waals surface area contributed by atoms with Crippen molar-refractivity contribution < 1.29 is 0 Å². The number of nitrogens with zero attached hydrogens (tertiary/aromatic N) is 3. The molecule has 3 N–H and O–H groups in total. The van der Waals surface area contributed by atoms with Gasteiger partial charge in [-0.05, 0) is 36.5 Å². The van der Waals surface area contributed by atoms with E-state index in [0.717, 1.165) is 22.2 Å². The third-order valence-electron chi connectivity index (χ3n) is 3.12. The van der Waals surface area contributed by atoms with Gasteiger partial charge in [-0.15, -0.1) is 0 Å². The third-order valence-corrected chi connectivity index (χ3v) is 3.53. The zero-order valence-electron chi connectivity index (χ0n) is 11.2. The van der Waals surface area contributed by atoms with Crippen molar-refractivity contribution in [2.75, 3.05) is 5.32 Å². The summed E-state index contributed by atoms with van der Waals surface area (Å²) in [6, 6.07) is 9.51. The first-order chi connectivity index (χ1) is 10.1. The molecule has 0 saturated heterocycles. The summed E-state index contributed by atoms with van der Waals surface area (Å²) >= 11 is 11.1. The highest BCUT2D eigenvalue weighted by Crippen LogP contribution is 2.30. The van der Waals surface area contributed by atoms with E-state index < -0.39 is 0 Å². The number of pyridine rings is 1. The van der Waals surface area contributed by atoms with Gasteiger partial charge in [0.05, 0.1) is 16.2 Å². The normalized spacial score (nSPS) is 10.8. The van der Waals surface area contributed by atoms with Gasteiger partial charge >= 0.3 is 0 Å². The van der Waals surface area contributed by atoms with Crippen LogP contribution >= 0.6 is 23.8 Å². The highest BCUT2D eigenvalue weighted by molar-refractivity contribution is 7.80. The van der Waals surface area contributed by atoms with Crippen LogP contribution in [0.1, 0.15) is 0 Å². The molecule has 0 spiro atoms. The molecule has 7 heteroatoms. The number of anilines is 1. The van der Waals surface area contributed by atoms with Crippen molar-refractivity contribution >= 4 is 45.7 Å². The molecule has 0 aliphatic carbocycles. The smallest absolute Gasteiger partial charge is 0.169 e. The molecule has 0 unspecified atom stereocenters. The number of nitrogens with two attached hydrogens (primary N) is 1. The van der Waals surface area contributed by atoms with Crippen LogP contribution in [-0.4, -0.2) is 19.9 Å². The Bertz CT molecular complexity index is 842. The molecule has 3 aromatic rings. The molecule has 21 heavy (non-hydrogen) atoms. The number of halogens is 1. The van der Waals surface area contributed by atoms with Crippen LogP contribution < -0.4 is 11.1 Å². The summed E-state index contributed by atoms with van der Waals surface area (Å²) in [5.41, 5.74) is 8.14. The van der Waals surface area contributed by atoms with Crippen LogP contribution in [0.15, 0.2) is 36.5 Å². The summed E-state index contributed by atoms with van der Waals surface area (Å²) in [5, 5.41) is 8.94. The average Bonchev–Trinajstić information content (AvgIpc) is 2.75. The van der Waals surface area contributed by atoms with Crippen molar-refractivity contribution in [3.05, 3.63) is 41.6 Å². The van der Waals surface area contributed by atoms with Crippen LogP contribution in [0.5, 0.6) is 0 Å². The number of hydrogen-bond acceptors (Lipinski definition) is 3. The molecule has 5 nitrogen and oxygen atoms in total. The molecule has 0 amide bonds. The first-order valence-corrected chi connectivity index (χ1v) is 6.99. The molecule has 0 atom stereocenters. The van der Waals surface area contributed by atoms with Crippen LogP contribution in [0.3, 0.4) is 0 Å². The standard InChI is InChI=1S/C14H12ClN5S/c1-20-11-5-4-8(12-10(15)3-2-6-17-12)7-9(11)13(19-20)18-14(16)21/h2-7H,1H3,(H3,16,18,19,21). The van der Waals surface area contributed by atoms with Gasteiger partial charge in [0, 0.05) is 24.2 Å². The maximum Gasteiger partial charge on any atom is 0.169 e. The summed E-state index contributed by atoms with van der Waals surface area (Å²) in [6.45, 7) is 0. The summed E-state index contributed by atoms with van der Waals surface area (Å²) < 4.78 is 1.76. The summed E-state index contributed by atoms with van der Waals surface area (Å²) in [6.07, 6.45) is 1.71. The zero-order chi connectivity index (χ0) is 15.0. The lowest BCUT2D eigenvalue weighted by Gasteiger charge is -2.04. The molecule has 0 aliphatic heterocycles. The molecule has 106 valence electrons. The molecule has 2 heterocycles. The zero-order valence-corrected chi connectivity index (χ0v) is 12.7. The summed E-state index contributed by atoms with van der Waals surface area (Å²) in [4.78, 5) is 4.32. The van der Waals surface area contributed by atoms with E-state index in [0.29, 0.717) is 10.8 Å². The molecule has 3 rings (SSSR count). The van der Waals surface area contributed by atoms with E-state index in [1.807, 2.05) is 31.3 Å². The number of nitrogens with one attached hydrogen (secondary N) is 1. The lowest BCUT2D eigenvalue weighted by atomic mass is 10.1. The Kier molecular flexibility index (Phi) is 3.48. The van der Waals surface area contributed by atoms with Crippen LogP contribution in [0.4, 0.5) is 5.82 Å². The second-order valence-electron chi connectivity index (χ2n) is 4.53. The van der Waals surface area contributed by atoms with E-state index in [4.69, 9.17) is 29.6 Å². The van der Waals surface area contributed by atoms with E-state index in [1.165, 1.54) is 0 Å². The Balaban J connectivity index is 2.19. The van der Waals surface area contributed by atoms with Gasteiger partial charge in [-0.25, -0.2) is 0 Å². The summed E-state index contributed by atoms with van der Waals surface area (Å²) in [7, 11) is 1.86. The second kappa shape index (κ2) is 5.31. The fourth-order valence-electron chi connectivity index (χ4n) is 2.22. The monoisotopic (exact) mass is 317 g/mol. The number of benzene rings is 1. The minimum atomic E-state index is 0.177. The van der Waals surface area contributed by atoms with E-state index in [-0.39, 0.29) is 5.11 Å². The summed E-state index contributed by atoms with van der Waals surface area (Å²) in [5.74, 6) is 0.619.